The summed E-state index contributed by atoms with van der Waals surface area (Å²) in [5.74, 6) is 0. The van der Waals surface area contributed by atoms with Gasteiger partial charge >= 0.3 is 0 Å². The summed E-state index contributed by atoms with van der Waals surface area (Å²) in [6.07, 6.45) is 1.84. The van der Waals surface area contributed by atoms with E-state index in [0.717, 1.165) is 21.5 Å². The SMILES string of the molecule is Cc1cccc(N2C(=S)N[C@@H](c3ccccn3)[C@@H]2c2cc(C)n(-c3ccccc3Br)c2C)c1. The van der Waals surface area contributed by atoms with Crippen LogP contribution >= 0.6 is 28.1 Å². The van der Waals surface area contributed by atoms with Crippen molar-refractivity contribution < 1.29 is 0 Å². The van der Waals surface area contributed by atoms with Crippen molar-refractivity contribution in [1.82, 2.24) is 14.9 Å². The summed E-state index contributed by atoms with van der Waals surface area (Å²) in [6, 6.07) is 25.1. The molecule has 1 saturated heterocycles. The Balaban J connectivity index is 1.70. The lowest BCUT2D eigenvalue weighted by atomic mass is 9.96. The highest BCUT2D eigenvalue weighted by Gasteiger charge is 2.42. The maximum atomic E-state index is 5.89. The molecule has 33 heavy (non-hydrogen) atoms. The molecule has 0 spiro atoms. The third kappa shape index (κ3) is 3.87. The number of pyridine rings is 1. The Hall–Kier alpha value is -2.96. The van der Waals surface area contributed by atoms with Crippen molar-refractivity contribution in [3.05, 3.63) is 112 Å². The van der Waals surface area contributed by atoms with E-state index in [1.165, 1.54) is 22.5 Å². The van der Waals surface area contributed by atoms with Crippen LogP contribution in [0.1, 0.15) is 40.3 Å². The van der Waals surface area contributed by atoms with E-state index < -0.39 is 0 Å². The van der Waals surface area contributed by atoms with Gasteiger partial charge in [-0.2, -0.15) is 0 Å². The second-order valence-corrected chi connectivity index (χ2v) is 9.69. The standard InChI is InChI=1S/C27H25BrN4S/c1-17-9-8-10-20(15-17)32-26(25(30-27(32)33)23-12-6-7-14-29-23)21-16-18(2)31(19(21)3)24-13-5-4-11-22(24)28/h4-16,25-26H,1-3H3,(H,30,33)/t25-,26-/m0/s1. The van der Waals surface area contributed by atoms with E-state index in [0.29, 0.717) is 5.11 Å². The van der Waals surface area contributed by atoms with E-state index >= 15 is 0 Å². The summed E-state index contributed by atoms with van der Waals surface area (Å²) < 4.78 is 3.38. The topological polar surface area (TPSA) is 33.1 Å². The molecule has 0 unspecified atom stereocenters. The molecular formula is C27H25BrN4S. The van der Waals surface area contributed by atoms with E-state index in [-0.39, 0.29) is 12.1 Å². The number of benzene rings is 2. The first-order valence-corrected chi connectivity index (χ1v) is 12.2. The van der Waals surface area contributed by atoms with Crippen LogP contribution in [0.15, 0.2) is 83.5 Å². The van der Waals surface area contributed by atoms with Crippen LogP contribution in [0.2, 0.25) is 0 Å². The van der Waals surface area contributed by atoms with Gasteiger partial charge in [0.25, 0.3) is 0 Å². The average molecular weight is 517 g/mol. The number of para-hydroxylation sites is 1. The van der Waals surface area contributed by atoms with Gasteiger partial charge in [0.1, 0.15) is 0 Å². The van der Waals surface area contributed by atoms with Gasteiger partial charge in [0.05, 0.1) is 23.5 Å². The summed E-state index contributed by atoms with van der Waals surface area (Å²) in [4.78, 5) is 6.93. The number of thiocarbonyl (C=S) groups is 1. The van der Waals surface area contributed by atoms with Gasteiger partial charge in [-0.3, -0.25) is 4.98 Å². The molecule has 0 aliphatic carbocycles. The van der Waals surface area contributed by atoms with E-state index in [9.17, 15) is 0 Å². The number of aryl methyl sites for hydroxylation is 2. The predicted octanol–water partition coefficient (Wildman–Crippen LogP) is 6.74. The molecule has 4 aromatic rings. The Morgan fingerprint density at radius 2 is 1.73 bits per heavy atom. The predicted molar refractivity (Wildman–Crippen MR) is 142 cm³/mol. The first-order valence-electron chi connectivity index (χ1n) is 11.0. The summed E-state index contributed by atoms with van der Waals surface area (Å²) >= 11 is 9.62. The van der Waals surface area contributed by atoms with Crippen LogP contribution in [-0.4, -0.2) is 14.7 Å². The highest BCUT2D eigenvalue weighted by molar-refractivity contribution is 9.10. The van der Waals surface area contributed by atoms with Crippen LogP contribution in [0.3, 0.4) is 0 Å². The lowest BCUT2D eigenvalue weighted by Gasteiger charge is -2.28. The van der Waals surface area contributed by atoms with Crippen LogP contribution in [-0.2, 0) is 0 Å². The van der Waals surface area contributed by atoms with Crippen LogP contribution in [0.5, 0.6) is 0 Å². The quantitative estimate of drug-likeness (QED) is 0.304. The number of rotatable bonds is 4. The van der Waals surface area contributed by atoms with Gasteiger partial charge in [-0.05, 0) is 103 Å². The van der Waals surface area contributed by atoms with Crippen molar-refractivity contribution in [3.63, 3.8) is 0 Å². The molecule has 0 saturated carbocycles. The molecule has 3 heterocycles. The van der Waals surface area contributed by atoms with Gasteiger partial charge < -0.3 is 14.8 Å². The van der Waals surface area contributed by atoms with E-state index in [1.54, 1.807) is 0 Å². The van der Waals surface area contributed by atoms with E-state index in [4.69, 9.17) is 12.2 Å². The zero-order valence-corrected chi connectivity index (χ0v) is 21.2. The fraction of sp³-hybridized carbons (Fsp3) is 0.185. The lowest BCUT2D eigenvalue weighted by molar-refractivity contribution is 0.565. The minimum absolute atomic E-state index is 0.0309. The molecule has 6 heteroatoms. The van der Waals surface area contributed by atoms with Crippen LogP contribution in [0.4, 0.5) is 5.69 Å². The minimum atomic E-state index is -0.0626. The van der Waals surface area contributed by atoms with Crippen molar-refractivity contribution in [1.29, 1.82) is 0 Å². The second kappa shape index (κ2) is 8.76. The number of anilines is 1. The maximum Gasteiger partial charge on any atom is 0.174 e. The summed E-state index contributed by atoms with van der Waals surface area (Å²) in [5, 5.41) is 4.28. The van der Waals surface area contributed by atoms with Gasteiger partial charge in [-0.25, -0.2) is 0 Å². The minimum Gasteiger partial charge on any atom is -0.351 e. The van der Waals surface area contributed by atoms with Crippen molar-refractivity contribution >= 4 is 38.9 Å². The van der Waals surface area contributed by atoms with Gasteiger partial charge in [0.15, 0.2) is 5.11 Å². The fourth-order valence-electron chi connectivity index (χ4n) is 4.82. The largest absolute Gasteiger partial charge is 0.351 e. The van der Waals surface area contributed by atoms with E-state index in [1.807, 2.05) is 24.4 Å². The summed E-state index contributed by atoms with van der Waals surface area (Å²) in [6.45, 7) is 6.45. The molecule has 0 radical (unpaired) electrons. The molecule has 1 fully saturated rings. The first kappa shape index (κ1) is 21.9. The van der Waals surface area contributed by atoms with Gasteiger partial charge in [-0.15, -0.1) is 0 Å². The van der Waals surface area contributed by atoms with E-state index in [2.05, 4.69) is 111 Å². The normalized spacial score (nSPS) is 17.9. The van der Waals surface area contributed by atoms with Crippen LogP contribution in [0, 0.1) is 20.8 Å². The Kier molecular flexibility index (Phi) is 5.81. The summed E-state index contributed by atoms with van der Waals surface area (Å²) in [5.41, 5.74) is 7.99. The number of nitrogens with one attached hydrogen (secondary N) is 1. The number of nitrogens with zero attached hydrogens (tertiary/aromatic N) is 3. The van der Waals surface area contributed by atoms with Crippen molar-refractivity contribution in [2.24, 2.45) is 0 Å². The zero-order valence-electron chi connectivity index (χ0n) is 18.8. The van der Waals surface area contributed by atoms with Gasteiger partial charge in [0, 0.05) is 27.7 Å². The fourth-order valence-corrected chi connectivity index (χ4v) is 5.63. The highest BCUT2D eigenvalue weighted by Crippen LogP contribution is 2.44. The van der Waals surface area contributed by atoms with Crippen molar-refractivity contribution in [3.8, 4) is 5.69 Å². The molecular weight excluding hydrogens is 492 g/mol. The van der Waals surface area contributed by atoms with Crippen LogP contribution in [0.25, 0.3) is 5.69 Å². The molecule has 1 N–H and O–H groups in total. The smallest absolute Gasteiger partial charge is 0.174 e. The Labute approximate surface area is 208 Å². The highest BCUT2D eigenvalue weighted by atomic mass is 79.9. The zero-order chi connectivity index (χ0) is 23.1. The molecule has 2 atom stereocenters. The average Bonchev–Trinajstić information content (AvgIpc) is 3.30. The Morgan fingerprint density at radius 1 is 0.939 bits per heavy atom. The van der Waals surface area contributed by atoms with Gasteiger partial charge in [0.2, 0.25) is 0 Å². The molecule has 166 valence electrons. The number of halogens is 1. The second-order valence-electron chi connectivity index (χ2n) is 8.45. The molecule has 2 aromatic carbocycles. The third-order valence-corrected chi connectivity index (χ3v) is 7.25. The third-order valence-electron chi connectivity index (χ3n) is 6.26. The maximum absolute atomic E-state index is 5.89. The molecule has 2 aromatic heterocycles. The van der Waals surface area contributed by atoms with Crippen molar-refractivity contribution in [2.75, 3.05) is 4.90 Å². The molecule has 0 bridgehead atoms. The summed E-state index contributed by atoms with van der Waals surface area (Å²) in [7, 11) is 0. The molecule has 0 amide bonds. The molecule has 1 aliphatic heterocycles. The van der Waals surface area contributed by atoms with Crippen LogP contribution < -0.4 is 10.2 Å². The Morgan fingerprint density at radius 3 is 2.45 bits per heavy atom. The molecule has 1 aliphatic rings. The number of hydrogen-bond acceptors (Lipinski definition) is 2. The van der Waals surface area contributed by atoms with Gasteiger partial charge in [-0.1, -0.05) is 30.3 Å². The Bertz CT molecular complexity index is 1330. The molecule has 5 rings (SSSR count). The van der Waals surface area contributed by atoms with Crippen molar-refractivity contribution in [2.45, 2.75) is 32.9 Å². The molecule has 4 nitrogen and oxygen atoms in total. The lowest BCUT2D eigenvalue weighted by Crippen LogP contribution is -2.29. The first-order chi connectivity index (χ1) is 16.0. The number of aromatic nitrogens is 2. The number of hydrogen-bond donors (Lipinski definition) is 1. The monoisotopic (exact) mass is 516 g/mol.